The number of carbonyl (C=O) groups excluding carboxylic acids is 3. The maximum Gasteiger partial charge on any atom is 0.328 e. The summed E-state index contributed by atoms with van der Waals surface area (Å²) >= 11 is 0. The molecule has 0 spiro atoms. The number of hydrogen-bond donors (Lipinski definition) is 2. The van der Waals surface area contributed by atoms with E-state index in [0.717, 1.165) is 5.69 Å². The fraction of sp³-hybridized carbons (Fsp3) is 0.160. The van der Waals surface area contributed by atoms with Gasteiger partial charge in [0.1, 0.15) is 18.8 Å². The van der Waals surface area contributed by atoms with E-state index in [4.69, 9.17) is 9.47 Å². The SMILES string of the molecule is O=C1NC(=O)C(=Cc2ccc(N(CCOc3ccccn3)CCOc3ccccn3)cc2)C(=O)N1. The Morgan fingerprint density at radius 3 is 1.77 bits per heavy atom. The van der Waals surface area contributed by atoms with Gasteiger partial charge < -0.3 is 14.4 Å². The van der Waals surface area contributed by atoms with Gasteiger partial charge in [-0.25, -0.2) is 14.8 Å². The highest BCUT2D eigenvalue weighted by Gasteiger charge is 2.27. The van der Waals surface area contributed by atoms with Gasteiger partial charge in [-0.1, -0.05) is 24.3 Å². The van der Waals surface area contributed by atoms with Crippen molar-refractivity contribution in [3.63, 3.8) is 0 Å². The molecule has 2 N–H and O–H groups in total. The van der Waals surface area contributed by atoms with Gasteiger partial charge in [0, 0.05) is 30.2 Å². The molecular weight excluding hydrogens is 450 g/mol. The van der Waals surface area contributed by atoms with Crippen LogP contribution in [0, 0.1) is 0 Å². The Hall–Kier alpha value is -4.73. The number of anilines is 1. The predicted molar refractivity (Wildman–Crippen MR) is 128 cm³/mol. The van der Waals surface area contributed by atoms with E-state index in [1.165, 1.54) is 6.08 Å². The van der Waals surface area contributed by atoms with Crippen LogP contribution in [-0.4, -0.2) is 54.1 Å². The van der Waals surface area contributed by atoms with Crippen LogP contribution in [-0.2, 0) is 9.59 Å². The van der Waals surface area contributed by atoms with Crippen molar-refractivity contribution in [3.8, 4) is 11.8 Å². The highest BCUT2D eigenvalue weighted by molar-refractivity contribution is 6.31. The number of nitrogens with one attached hydrogen (secondary N) is 2. The number of hydrogen-bond acceptors (Lipinski definition) is 8. The second-order valence-corrected chi connectivity index (χ2v) is 7.41. The quantitative estimate of drug-likeness (QED) is 0.339. The summed E-state index contributed by atoms with van der Waals surface area (Å²) in [7, 11) is 0. The van der Waals surface area contributed by atoms with Crippen molar-refractivity contribution in [1.29, 1.82) is 0 Å². The smallest absolute Gasteiger partial charge is 0.328 e. The van der Waals surface area contributed by atoms with Crippen molar-refractivity contribution >= 4 is 29.6 Å². The third-order valence-electron chi connectivity index (χ3n) is 5.01. The number of imide groups is 2. The van der Waals surface area contributed by atoms with Crippen LogP contribution in [0.5, 0.6) is 11.8 Å². The van der Waals surface area contributed by atoms with Crippen molar-refractivity contribution in [3.05, 3.63) is 84.2 Å². The van der Waals surface area contributed by atoms with E-state index in [1.807, 2.05) is 36.4 Å². The molecule has 10 nitrogen and oxygen atoms in total. The Balaban J connectivity index is 1.43. The normalized spacial score (nSPS) is 13.0. The molecule has 2 aromatic heterocycles. The number of aromatic nitrogens is 2. The van der Waals surface area contributed by atoms with Crippen LogP contribution < -0.4 is 25.0 Å². The molecule has 178 valence electrons. The molecule has 4 rings (SSSR count). The van der Waals surface area contributed by atoms with Gasteiger partial charge in [-0.15, -0.1) is 0 Å². The molecule has 0 unspecified atom stereocenters. The Labute approximate surface area is 201 Å². The number of urea groups is 1. The van der Waals surface area contributed by atoms with Crippen LogP contribution in [0.15, 0.2) is 78.6 Å². The van der Waals surface area contributed by atoms with Crippen LogP contribution in [0.25, 0.3) is 6.08 Å². The van der Waals surface area contributed by atoms with E-state index in [9.17, 15) is 14.4 Å². The average Bonchev–Trinajstić information content (AvgIpc) is 2.87. The maximum absolute atomic E-state index is 12.0. The van der Waals surface area contributed by atoms with Gasteiger partial charge in [-0.2, -0.15) is 0 Å². The number of barbiturate groups is 1. The first-order valence-corrected chi connectivity index (χ1v) is 10.9. The molecule has 0 saturated carbocycles. The van der Waals surface area contributed by atoms with Crippen molar-refractivity contribution in [2.24, 2.45) is 0 Å². The first kappa shape index (κ1) is 23.4. The first-order chi connectivity index (χ1) is 17.1. The van der Waals surface area contributed by atoms with Crippen LogP contribution in [0.3, 0.4) is 0 Å². The summed E-state index contributed by atoms with van der Waals surface area (Å²) < 4.78 is 11.5. The number of ether oxygens (including phenoxy) is 2. The fourth-order valence-electron chi connectivity index (χ4n) is 3.31. The number of nitrogens with zero attached hydrogens (tertiary/aromatic N) is 3. The standard InChI is InChI=1S/C25H23N5O5/c31-23-20(24(32)29-25(33)28-23)17-18-7-9-19(10-8-18)30(13-15-34-21-5-1-3-11-26-21)14-16-35-22-6-2-4-12-27-22/h1-12,17H,13-16H2,(H2,28,29,31,32,33). The van der Waals surface area contributed by atoms with Gasteiger partial charge in [0.25, 0.3) is 11.8 Å². The lowest BCUT2D eigenvalue weighted by Gasteiger charge is -2.25. The topological polar surface area (TPSA) is 123 Å². The Bertz CT molecular complexity index is 1130. The molecule has 4 amide bonds. The molecule has 1 fully saturated rings. The molecule has 0 aliphatic carbocycles. The molecule has 0 radical (unpaired) electrons. The zero-order valence-corrected chi connectivity index (χ0v) is 18.7. The summed E-state index contributed by atoms with van der Waals surface area (Å²) in [6, 6.07) is 17.4. The summed E-state index contributed by atoms with van der Waals surface area (Å²) in [6.07, 6.45) is 4.77. The summed E-state index contributed by atoms with van der Waals surface area (Å²) in [5.74, 6) is -0.381. The molecule has 1 aliphatic rings. The molecule has 0 bridgehead atoms. The lowest BCUT2D eigenvalue weighted by molar-refractivity contribution is -0.123. The van der Waals surface area contributed by atoms with E-state index in [0.29, 0.717) is 43.6 Å². The predicted octanol–water partition coefficient (Wildman–Crippen LogP) is 2.19. The summed E-state index contributed by atoms with van der Waals surface area (Å²) in [6.45, 7) is 1.94. The second kappa shape index (κ2) is 11.4. The summed E-state index contributed by atoms with van der Waals surface area (Å²) in [5.41, 5.74) is 1.40. The molecule has 3 aromatic rings. The molecular formula is C25H23N5O5. The summed E-state index contributed by atoms with van der Waals surface area (Å²) in [4.78, 5) is 45.6. The number of amides is 4. The van der Waals surface area contributed by atoms with Gasteiger partial charge in [-0.05, 0) is 35.9 Å². The number of pyridine rings is 2. The van der Waals surface area contributed by atoms with Crippen LogP contribution in [0.4, 0.5) is 10.5 Å². The van der Waals surface area contributed by atoms with Crippen LogP contribution in [0.2, 0.25) is 0 Å². The zero-order chi connectivity index (χ0) is 24.5. The van der Waals surface area contributed by atoms with Crippen molar-refractivity contribution in [2.45, 2.75) is 0 Å². The van der Waals surface area contributed by atoms with E-state index >= 15 is 0 Å². The van der Waals surface area contributed by atoms with Gasteiger partial charge in [0.2, 0.25) is 11.8 Å². The summed E-state index contributed by atoms with van der Waals surface area (Å²) in [5, 5.41) is 4.12. The lowest BCUT2D eigenvalue weighted by Crippen LogP contribution is -2.51. The molecule has 1 aromatic carbocycles. The Morgan fingerprint density at radius 1 is 0.743 bits per heavy atom. The van der Waals surface area contributed by atoms with Gasteiger partial charge in [0.15, 0.2) is 0 Å². The van der Waals surface area contributed by atoms with Gasteiger partial charge in [0.05, 0.1) is 13.1 Å². The third-order valence-corrected chi connectivity index (χ3v) is 5.01. The highest BCUT2D eigenvalue weighted by Crippen LogP contribution is 2.18. The minimum absolute atomic E-state index is 0.137. The lowest BCUT2D eigenvalue weighted by atomic mass is 10.1. The maximum atomic E-state index is 12.0. The van der Waals surface area contributed by atoms with E-state index < -0.39 is 17.8 Å². The second-order valence-electron chi connectivity index (χ2n) is 7.41. The van der Waals surface area contributed by atoms with E-state index in [1.54, 1.807) is 36.7 Å². The zero-order valence-electron chi connectivity index (χ0n) is 18.7. The van der Waals surface area contributed by atoms with Crippen molar-refractivity contribution in [1.82, 2.24) is 20.6 Å². The van der Waals surface area contributed by atoms with E-state index in [2.05, 4.69) is 25.5 Å². The number of carbonyl (C=O) groups is 3. The molecule has 35 heavy (non-hydrogen) atoms. The molecule has 0 atom stereocenters. The average molecular weight is 473 g/mol. The fourth-order valence-corrected chi connectivity index (χ4v) is 3.31. The largest absolute Gasteiger partial charge is 0.476 e. The number of rotatable bonds is 10. The number of benzene rings is 1. The van der Waals surface area contributed by atoms with Gasteiger partial charge in [-0.3, -0.25) is 20.2 Å². The molecule has 1 saturated heterocycles. The monoisotopic (exact) mass is 473 g/mol. The first-order valence-electron chi connectivity index (χ1n) is 10.9. The third kappa shape index (κ3) is 6.64. The van der Waals surface area contributed by atoms with E-state index in [-0.39, 0.29) is 5.57 Å². The Morgan fingerprint density at radius 2 is 1.29 bits per heavy atom. The Kier molecular flexibility index (Phi) is 7.64. The molecule has 1 aliphatic heterocycles. The molecule has 3 heterocycles. The van der Waals surface area contributed by atoms with Gasteiger partial charge >= 0.3 is 6.03 Å². The minimum atomic E-state index is -0.830. The van der Waals surface area contributed by atoms with Crippen molar-refractivity contribution < 1.29 is 23.9 Å². The van der Waals surface area contributed by atoms with Crippen molar-refractivity contribution in [2.75, 3.05) is 31.2 Å². The van der Waals surface area contributed by atoms with Crippen LogP contribution >= 0.6 is 0 Å². The highest BCUT2D eigenvalue weighted by atomic mass is 16.5. The van der Waals surface area contributed by atoms with Crippen LogP contribution in [0.1, 0.15) is 5.56 Å². The molecule has 10 heteroatoms. The minimum Gasteiger partial charge on any atom is -0.476 e.